The average molecular weight is 411 g/mol. The summed E-state index contributed by atoms with van der Waals surface area (Å²) in [6, 6.07) is 17.0. The van der Waals surface area contributed by atoms with Gasteiger partial charge in [0.05, 0.1) is 6.61 Å². The van der Waals surface area contributed by atoms with Crippen molar-refractivity contribution < 1.29 is 4.74 Å². The van der Waals surface area contributed by atoms with Crippen LogP contribution in [-0.4, -0.2) is 24.7 Å². The van der Waals surface area contributed by atoms with E-state index in [9.17, 15) is 0 Å². The fourth-order valence-electron chi connectivity index (χ4n) is 4.08. The molecule has 1 N–H and O–H groups in total. The van der Waals surface area contributed by atoms with Gasteiger partial charge in [0.1, 0.15) is 6.73 Å². The van der Waals surface area contributed by atoms with Crippen molar-refractivity contribution in [2.45, 2.75) is 39.7 Å². The number of anilines is 1. The second kappa shape index (κ2) is 9.84. The molecule has 3 rings (SSSR count). The first kappa shape index (κ1) is 21.9. The van der Waals surface area contributed by atoms with Crippen LogP contribution in [-0.2, 0) is 11.3 Å². The minimum Gasteiger partial charge on any atom is -0.363 e. The Kier molecular flexibility index (Phi) is 7.44. The van der Waals surface area contributed by atoms with E-state index in [-0.39, 0.29) is 0 Å². The fourth-order valence-corrected chi connectivity index (χ4v) is 4.24. The molecule has 0 amide bonds. The van der Waals surface area contributed by atoms with Crippen molar-refractivity contribution in [3.8, 4) is 11.1 Å². The van der Waals surface area contributed by atoms with Gasteiger partial charge >= 0.3 is 0 Å². The molecule has 3 nitrogen and oxygen atoms in total. The molecular weight excluding hydrogens is 376 g/mol. The molecule has 1 aliphatic carbocycles. The van der Waals surface area contributed by atoms with E-state index in [2.05, 4.69) is 87.1 Å². The topological polar surface area (TPSA) is 24.5 Å². The minimum absolute atomic E-state index is 0.399. The highest BCUT2D eigenvalue weighted by atomic mass is 32.1. The van der Waals surface area contributed by atoms with E-state index in [0.717, 1.165) is 25.3 Å². The average Bonchev–Trinajstić information content (AvgIpc) is 2.68. The summed E-state index contributed by atoms with van der Waals surface area (Å²) in [5.41, 5.74) is 6.54. The lowest BCUT2D eigenvalue weighted by molar-refractivity contribution is 0.0914. The van der Waals surface area contributed by atoms with Crippen LogP contribution in [0.25, 0.3) is 11.1 Å². The predicted molar refractivity (Wildman–Crippen MR) is 127 cm³/mol. The van der Waals surface area contributed by atoms with Crippen molar-refractivity contribution in [2.75, 3.05) is 25.7 Å². The Morgan fingerprint density at radius 3 is 2.62 bits per heavy atom. The van der Waals surface area contributed by atoms with Crippen molar-refractivity contribution in [1.29, 1.82) is 0 Å². The van der Waals surface area contributed by atoms with E-state index in [0.29, 0.717) is 18.1 Å². The molecule has 29 heavy (non-hydrogen) atoms. The summed E-state index contributed by atoms with van der Waals surface area (Å²) in [5.74, 6) is 0.476. The van der Waals surface area contributed by atoms with Gasteiger partial charge in [0.15, 0.2) is 0 Å². The van der Waals surface area contributed by atoms with Gasteiger partial charge in [0.25, 0.3) is 0 Å². The summed E-state index contributed by atoms with van der Waals surface area (Å²) in [7, 11) is 1.97. The lowest BCUT2D eigenvalue weighted by Gasteiger charge is -2.36. The predicted octanol–water partition coefficient (Wildman–Crippen LogP) is 6.40. The third kappa shape index (κ3) is 6.36. The smallest absolute Gasteiger partial charge is 0.116 e. The second-order valence-corrected chi connectivity index (χ2v) is 9.65. The van der Waals surface area contributed by atoms with Crippen LogP contribution in [0, 0.1) is 11.3 Å². The highest BCUT2D eigenvalue weighted by Gasteiger charge is 2.30. The monoisotopic (exact) mass is 410 g/mol. The first-order valence-electron chi connectivity index (χ1n) is 10.4. The third-order valence-corrected chi connectivity index (χ3v) is 5.95. The van der Waals surface area contributed by atoms with Crippen molar-refractivity contribution in [3.05, 3.63) is 66.2 Å². The number of ether oxygens (including phenoxy) is 1. The zero-order valence-electron chi connectivity index (χ0n) is 17.9. The third-order valence-electron chi connectivity index (χ3n) is 5.81. The van der Waals surface area contributed by atoms with Gasteiger partial charge in [-0.15, -0.1) is 0 Å². The van der Waals surface area contributed by atoms with Crippen molar-refractivity contribution in [2.24, 2.45) is 11.3 Å². The molecule has 1 aliphatic rings. The molecule has 0 radical (unpaired) electrons. The summed E-state index contributed by atoms with van der Waals surface area (Å²) >= 11 is 4.39. The summed E-state index contributed by atoms with van der Waals surface area (Å²) in [4.78, 5) is 0. The largest absolute Gasteiger partial charge is 0.363 e. The van der Waals surface area contributed by atoms with Crippen LogP contribution in [0.4, 0.5) is 5.69 Å². The normalized spacial score (nSPS) is 18.8. The number of hydrogen-bond acceptors (Lipinski definition) is 4. The fraction of sp³-hybridized carbons (Fsp3) is 0.440. The molecule has 0 bridgehead atoms. The van der Waals surface area contributed by atoms with E-state index >= 15 is 0 Å². The van der Waals surface area contributed by atoms with Gasteiger partial charge in [0.2, 0.25) is 0 Å². The van der Waals surface area contributed by atoms with Crippen molar-refractivity contribution in [1.82, 2.24) is 4.31 Å². The molecule has 156 valence electrons. The molecule has 1 atom stereocenters. The Bertz CT molecular complexity index is 814. The van der Waals surface area contributed by atoms with Gasteiger partial charge in [-0.3, -0.25) is 4.31 Å². The Labute approximate surface area is 181 Å². The zero-order chi connectivity index (χ0) is 20.9. The number of nitrogens with zero attached hydrogens (tertiary/aromatic N) is 1. The summed E-state index contributed by atoms with van der Waals surface area (Å²) in [6.45, 7) is 11.0. The molecular formula is C25H34N2OS. The number of rotatable bonds is 8. The lowest BCUT2D eigenvalue weighted by atomic mass is 9.70. The van der Waals surface area contributed by atoms with Gasteiger partial charge in [-0.25, -0.2) is 0 Å². The molecule has 0 spiro atoms. The maximum atomic E-state index is 5.93. The molecule has 2 aromatic rings. The molecule has 4 heteroatoms. The molecule has 1 saturated carbocycles. The Balaban J connectivity index is 1.52. The van der Waals surface area contributed by atoms with Crippen LogP contribution in [0.3, 0.4) is 0 Å². The minimum atomic E-state index is 0.399. The van der Waals surface area contributed by atoms with Crippen LogP contribution in [0.1, 0.15) is 38.7 Å². The first-order valence-corrected chi connectivity index (χ1v) is 10.8. The van der Waals surface area contributed by atoms with E-state index in [1.165, 1.54) is 35.1 Å². The highest BCUT2D eigenvalue weighted by Crippen LogP contribution is 2.40. The Morgan fingerprint density at radius 2 is 1.90 bits per heavy atom. The van der Waals surface area contributed by atoms with Gasteiger partial charge in [-0.05, 0) is 60.5 Å². The second-order valence-electron chi connectivity index (χ2n) is 8.97. The van der Waals surface area contributed by atoms with Crippen LogP contribution < -0.4 is 5.32 Å². The standard InChI is InChI=1S/C25H34N2OS/c1-19-13-14-25(2,3)15-22(19)17-28-18-26-23-11-9-20(10-12-23)24-8-6-5-7-21(24)16-27(4)29/h5-12,22,26,29H,1,13-18H2,2-4H3. The number of nitrogens with one attached hydrogen (secondary N) is 1. The number of hydrogen-bond donors (Lipinski definition) is 2. The molecule has 2 aromatic carbocycles. The van der Waals surface area contributed by atoms with E-state index in [4.69, 9.17) is 4.74 Å². The van der Waals surface area contributed by atoms with E-state index < -0.39 is 0 Å². The maximum Gasteiger partial charge on any atom is 0.116 e. The molecule has 0 aromatic heterocycles. The molecule has 0 aliphatic heterocycles. The van der Waals surface area contributed by atoms with Crippen LogP contribution >= 0.6 is 12.8 Å². The Morgan fingerprint density at radius 1 is 1.17 bits per heavy atom. The molecule has 1 unspecified atom stereocenters. The number of benzene rings is 2. The highest BCUT2D eigenvalue weighted by molar-refractivity contribution is 7.77. The quantitative estimate of drug-likeness (QED) is 0.228. The molecule has 0 saturated heterocycles. The van der Waals surface area contributed by atoms with Crippen LogP contribution in [0.2, 0.25) is 0 Å². The summed E-state index contributed by atoms with van der Waals surface area (Å²) < 4.78 is 7.83. The van der Waals surface area contributed by atoms with Gasteiger partial charge < -0.3 is 10.1 Å². The van der Waals surface area contributed by atoms with Crippen LogP contribution in [0.15, 0.2) is 60.7 Å². The molecule has 0 heterocycles. The van der Waals surface area contributed by atoms with Crippen molar-refractivity contribution in [3.63, 3.8) is 0 Å². The molecule has 1 fully saturated rings. The summed E-state index contributed by atoms with van der Waals surface area (Å²) in [6.07, 6.45) is 3.53. The van der Waals surface area contributed by atoms with Gasteiger partial charge in [-0.1, -0.05) is 75.2 Å². The van der Waals surface area contributed by atoms with Gasteiger partial charge in [0, 0.05) is 18.2 Å². The SMILES string of the molecule is C=C1CCC(C)(C)CC1COCNc1ccc(-c2ccccc2CN(C)S)cc1. The first-order chi connectivity index (χ1) is 13.8. The Hall–Kier alpha value is -1.75. The van der Waals surface area contributed by atoms with Gasteiger partial charge in [-0.2, -0.15) is 0 Å². The van der Waals surface area contributed by atoms with Crippen LogP contribution in [0.5, 0.6) is 0 Å². The maximum absolute atomic E-state index is 5.93. The number of thiol groups is 1. The zero-order valence-corrected chi connectivity index (χ0v) is 18.8. The van der Waals surface area contributed by atoms with E-state index in [1.807, 2.05) is 11.4 Å². The summed E-state index contributed by atoms with van der Waals surface area (Å²) in [5, 5.41) is 3.37. The lowest BCUT2D eigenvalue weighted by Crippen LogP contribution is -2.27. The van der Waals surface area contributed by atoms with E-state index in [1.54, 1.807) is 0 Å². The van der Waals surface area contributed by atoms with Crippen molar-refractivity contribution >= 4 is 18.5 Å².